The van der Waals surface area contributed by atoms with Crippen molar-refractivity contribution in [1.29, 1.82) is 0 Å². The molecule has 0 radical (unpaired) electrons. The van der Waals surface area contributed by atoms with E-state index in [1.807, 2.05) is 11.3 Å². The van der Waals surface area contributed by atoms with Gasteiger partial charge in [-0.15, -0.1) is 11.3 Å². The quantitative estimate of drug-likeness (QED) is 0.846. The van der Waals surface area contributed by atoms with Crippen LogP contribution in [-0.4, -0.2) is 30.6 Å². The van der Waals surface area contributed by atoms with Gasteiger partial charge in [0, 0.05) is 42.0 Å². The van der Waals surface area contributed by atoms with Crippen LogP contribution in [0.4, 0.5) is 0 Å². The van der Waals surface area contributed by atoms with Gasteiger partial charge in [-0.2, -0.15) is 0 Å². The normalized spacial score (nSPS) is 23.2. The lowest BCUT2D eigenvalue weighted by Gasteiger charge is -2.31. The average molecular weight is 224 g/mol. The van der Waals surface area contributed by atoms with Gasteiger partial charge in [0.25, 0.3) is 0 Å². The molecule has 3 heteroatoms. The summed E-state index contributed by atoms with van der Waals surface area (Å²) in [4.78, 5) is 5.57. The van der Waals surface area contributed by atoms with E-state index in [1.54, 1.807) is 0 Å². The molecule has 0 aliphatic carbocycles. The highest BCUT2D eigenvalue weighted by atomic mass is 32.1. The SMILES string of the molecule is CCc1ccc(CN2CCN[C@@H](C)C2)s1. The molecule has 1 aromatic rings. The van der Waals surface area contributed by atoms with Gasteiger partial charge in [-0.1, -0.05) is 6.92 Å². The van der Waals surface area contributed by atoms with Gasteiger partial charge in [0.05, 0.1) is 0 Å². The Balaban J connectivity index is 1.90. The third-order valence-corrected chi connectivity index (χ3v) is 4.11. The molecule has 0 aromatic carbocycles. The van der Waals surface area contributed by atoms with Crippen LogP contribution in [0, 0.1) is 0 Å². The first-order valence-electron chi connectivity index (χ1n) is 5.81. The van der Waals surface area contributed by atoms with Crippen molar-refractivity contribution in [3.63, 3.8) is 0 Å². The van der Waals surface area contributed by atoms with Crippen LogP contribution in [0.2, 0.25) is 0 Å². The zero-order chi connectivity index (χ0) is 10.7. The molecule has 1 aliphatic heterocycles. The molecule has 2 rings (SSSR count). The second kappa shape index (κ2) is 5.10. The van der Waals surface area contributed by atoms with Gasteiger partial charge in [0.1, 0.15) is 0 Å². The van der Waals surface area contributed by atoms with E-state index in [4.69, 9.17) is 0 Å². The molecule has 0 amide bonds. The van der Waals surface area contributed by atoms with Crippen molar-refractivity contribution in [3.05, 3.63) is 21.9 Å². The summed E-state index contributed by atoms with van der Waals surface area (Å²) in [6.07, 6.45) is 1.17. The third-order valence-electron chi connectivity index (χ3n) is 2.90. The van der Waals surface area contributed by atoms with Crippen molar-refractivity contribution < 1.29 is 0 Å². The lowest BCUT2D eigenvalue weighted by Crippen LogP contribution is -2.48. The summed E-state index contributed by atoms with van der Waals surface area (Å²) in [5, 5.41) is 3.48. The number of hydrogen-bond acceptors (Lipinski definition) is 3. The van der Waals surface area contributed by atoms with Crippen LogP contribution in [-0.2, 0) is 13.0 Å². The highest BCUT2D eigenvalue weighted by Crippen LogP contribution is 2.19. The molecular weight excluding hydrogens is 204 g/mol. The molecule has 1 aromatic heterocycles. The Hall–Kier alpha value is -0.380. The van der Waals surface area contributed by atoms with Crippen LogP contribution < -0.4 is 5.32 Å². The van der Waals surface area contributed by atoms with Crippen molar-refractivity contribution in [2.45, 2.75) is 32.9 Å². The largest absolute Gasteiger partial charge is 0.312 e. The van der Waals surface area contributed by atoms with Gasteiger partial charge >= 0.3 is 0 Å². The monoisotopic (exact) mass is 224 g/mol. The fourth-order valence-corrected chi connectivity index (χ4v) is 3.07. The minimum Gasteiger partial charge on any atom is -0.312 e. The molecule has 0 spiro atoms. The maximum atomic E-state index is 3.48. The van der Waals surface area contributed by atoms with Gasteiger partial charge in [0.15, 0.2) is 0 Å². The zero-order valence-corrected chi connectivity index (χ0v) is 10.4. The van der Waals surface area contributed by atoms with Crippen LogP contribution in [0.15, 0.2) is 12.1 Å². The molecular formula is C12H20N2S. The predicted molar refractivity (Wildman–Crippen MR) is 66.4 cm³/mol. The Kier molecular flexibility index (Phi) is 3.78. The van der Waals surface area contributed by atoms with E-state index in [0.717, 1.165) is 13.1 Å². The zero-order valence-electron chi connectivity index (χ0n) is 9.62. The topological polar surface area (TPSA) is 15.3 Å². The van der Waals surface area contributed by atoms with Gasteiger partial charge in [-0.05, 0) is 25.5 Å². The number of thiophene rings is 1. The highest BCUT2D eigenvalue weighted by molar-refractivity contribution is 7.11. The van der Waals surface area contributed by atoms with E-state index >= 15 is 0 Å². The van der Waals surface area contributed by atoms with E-state index in [-0.39, 0.29) is 0 Å². The van der Waals surface area contributed by atoms with Crippen molar-refractivity contribution >= 4 is 11.3 Å². The summed E-state index contributed by atoms with van der Waals surface area (Å²) < 4.78 is 0. The Morgan fingerprint density at radius 2 is 2.27 bits per heavy atom. The molecule has 1 fully saturated rings. The molecule has 1 aliphatic rings. The smallest absolute Gasteiger partial charge is 0.0329 e. The Labute approximate surface area is 96.3 Å². The van der Waals surface area contributed by atoms with Crippen molar-refractivity contribution in [2.75, 3.05) is 19.6 Å². The number of hydrogen-bond donors (Lipinski definition) is 1. The third kappa shape index (κ3) is 3.03. The summed E-state index contributed by atoms with van der Waals surface area (Å²) in [7, 11) is 0. The van der Waals surface area contributed by atoms with E-state index in [9.17, 15) is 0 Å². The van der Waals surface area contributed by atoms with Crippen molar-refractivity contribution in [1.82, 2.24) is 10.2 Å². The fourth-order valence-electron chi connectivity index (χ4n) is 2.07. The molecule has 1 saturated heterocycles. The lowest BCUT2D eigenvalue weighted by atomic mass is 10.2. The molecule has 0 bridgehead atoms. The first-order chi connectivity index (χ1) is 7.28. The van der Waals surface area contributed by atoms with Crippen molar-refractivity contribution in [3.8, 4) is 0 Å². The number of nitrogens with one attached hydrogen (secondary N) is 1. The standard InChI is InChI=1S/C12H20N2S/c1-3-11-4-5-12(15-11)9-14-7-6-13-10(2)8-14/h4-5,10,13H,3,6-9H2,1-2H3/t10-/m0/s1. The highest BCUT2D eigenvalue weighted by Gasteiger charge is 2.15. The molecule has 1 N–H and O–H groups in total. The summed E-state index contributed by atoms with van der Waals surface area (Å²) in [6, 6.07) is 5.20. The number of aryl methyl sites for hydroxylation is 1. The average Bonchev–Trinajstić information content (AvgIpc) is 2.65. The molecule has 0 saturated carbocycles. The lowest BCUT2D eigenvalue weighted by molar-refractivity contribution is 0.201. The van der Waals surface area contributed by atoms with Gasteiger partial charge in [-0.25, -0.2) is 0 Å². The Morgan fingerprint density at radius 3 is 2.93 bits per heavy atom. The van der Waals surface area contributed by atoms with Crippen LogP contribution in [0.3, 0.4) is 0 Å². The van der Waals surface area contributed by atoms with Crippen LogP contribution in [0.25, 0.3) is 0 Å². The Morgan fingerprint density at radius 1 is 1.47 bits per heavy atom. The van der Waals surface area contributed by atoms with Gasteiger partial charge in [0.2, 0.25) is 0 Å². The number of piperazine rings is 1. The van der Waals surface area contributed by atoms with Gasteiger partial charge in [-0.3, -0.25) is 4.90 Å². The number of nitrogens with zero attached hydrogens (tertiary/aromatic N) is 1. The number of rotatable bonds is 3. The van der Waals surface area contributed by atoms with Gasteiger partial charge < -0.3 is 5.32 Å². The molecule has 2 heterocycles. The molecule has 0 unspecified atom stereocenters. The summed E-state index contributed by atoms with van der Waals surface area (Å²) in [5.41, 5.74) is 0. The molecule has 2 nitrogen and oxygen atoms in total. The second-order valence-electron chi connectivity index (χ2n) is 4.31. The van der Waals surface area contributed by atoms with Crippen LogP contribution in [0.1, 0.15) is 23.6 Å². The first kappa shape index (κ1) is 11.1. The fraction of sp³-hybridized carbons (Fsp3) is 0.667. The predicted octanol–water partition coefficient (Wildman–Crippen LogP) is 2.10. The van der Waals surface area contributed by atoms with E-state index in [1.165, 1.54) is 29.3 Å². The van der Waals surface area contributed by atoms with Crippen molar-refractivity contribution in [2.24, 2.45) is 0 Å². The summed E-state index contributed by atoms with van der Waals surface area (Å²) in [5.74, 6) is 0. The Bertz CT molecular complexity index is 308. The minimum atomic E-state index is 0.643. The molecule has 1 atom stereocenters. The summed E-state index contributed by atoms with van der Waals surface area (Å²) in [6.45, 7) is 9.12. The van der Waals surface area contributed by atoms with E-state index in [2.05, 4.69) is 36.2 Å². The minimum absolute atomic E-state index is 0.643. The first-order valence-corrected chi connectivity index (χ1v) is 6.63. The maximum Gasteiger partial charge on any atom is 0.0329 e. The second-order valence-corrected chi connectivity index (χ2v) is 5.56. The van der Waals surface area contributed by atoms with Crippen LogP contribution in [0.5, 0.6) is 0 Å². The molecule has 15 heavy (non-hydrogen) atoms. The van der Waals surface area contributed by atoms with E-state index < -0.39 is 0 Å². The molecule has 84 valence electrons. The van der Waals surface area contributed by atoms with E-state index in [0.29, 0.717) is 6.04 Å². The maximum absolute atomic E-state index is 3.48. The summed E-state index contributed by atoms with van der Waals surface area (Å²) >= 11 is 1.97. The van der Waals surface area contributed by atoms with Crippen LogP contribution >= 0.6 is 11.3 Å².